The van der Waals surface area contributed by atoms with Crippen LogP contribution in [-0.2, 0) is 25.3 Å². The number of hydrogen-bond donors (Lipinski definition) is 2. The topological polar surface area (TPSA) is 111 Å². The van der Waals surface area contributed by atoms with Crippen molar-refractivity contribution >= 4 is 30.5 Å². The van der Waals surface area contributed by atoms with Crippen molar-refractivity contribution in [2.45, 2.75) is 124 Å². The average molecular weight is 645 g/mol. The fourth-order valence-corrected chi connectivity index (χ4v) is 7.82. The third-order valence-corrected chi connectivity index (χ3v) is 10.2. The minimum absolute atomic E-state index is 0.0112. The fraction of sp³-hybridized carbons (Fsp3) is 0.622. The number of nitrogens with zero attached hydrogens (tertiary/aromatic N) is 2. The van der Waals surface area contributed by atoms with E-state index in [2.05, 4.69) is 61.5 Å². The van der Waals surface area contributed by atoms with Gasteiger partial charge in [0.2, 0.25) is 5.91 Å². The van der Waals surface area contributed by atoms with E-state index in [0.717, 1.165) is 35.2 Å². The Bertz CT molecular complexity index is 1470. The molecule has 4 fully saturated rings. The van der Waals surface area contributed by atoms with E-state index in [9.17, 15) is 9.59 Å². The minimum atomic E-state index is -0.881. The molecular weight excluding hydrogens is 591 g/mol. The van der Waals surface area contributed by atoms with Crippen LogP contribution in [0.3, 0.4) is 0 Å². The second-order valence-corrected chi connectivity index (χ2v) is 16.2. The van der Waals surface area contributed by atoms with Gasteiger partial charge in [-0.25, -0.2) is 4.79 Å². The molecule has 10 heteroatoms. The lowest BCUT2D eigenvalue weighted by Gasteiger charge is -2.64. The summed E-state index contributed by atoms with van der Waals surface area (Å²) in [6.45, 7) is 20.6. The van der Waals surface area contributed by atoms with E-state index in [1.165, 1.54) is 0 Å². The van der Waals surface area contributed by atoms with Crippen LogP contribution < -0.4 is 10.6 Å². The maximum absolute atomic E-state index is 14.0. The van der Waals surface area contributed by atoms with Crippen molar-refractivity contribution in [3.63, 3.8) is 0 Å². The number of carbonyl (C=O) groups is 2. The molecule has 0 radical (unpaired) electrons. The van der Waals surface area contributed by atoms with Gasteiger partial charge in [0.05, 0.1) is 29.0 Å². The van der Waals surface area contributed by atoms with E-state index >= 15 is 0 Å². The van der Waals surface area contributed by atoms with Crippen LogP contribution in [0.15, 0.2) is 52.7 Å². The summed E-state index contributed by atoms with van der Waals surface area (Å²) in [7, 11) is -0.560. The number of alkyl carbamates (subject to hydrolysis) is 1. The first-order valence-corrected chi connectivity index (χ1v) is 17.1. The van der Waals surface area contributed by atoms with Gasteiger partial charge in [-0.05, 0) is 125 Å². The highest BCUT2D eigenvalue weighted by atomic mass is 16.7. The highest BCUT2D eigenvalue weighted by Gasteiger charge is 2.68. The summed E-state index contributed by atoms with van der Waals surface area (Å²) in [6.07, 6.45) is 2.43. The lowest BCUT2D eigenvalue weighted by Crippen LogP contribution is -2.65. The molecule has 1 aliphatic heterocycles. The molecule has 47 heavy (non-hydrogen) atoms. The Balaban J connectivity index is 1.31. The Kier molecular flexibility index (Phi) is 9.96. The van der Waals surface area contributed by atoms with E-state index in [4.69, 9.17) is 14.0 Å². The molecular formula is C37H53BN4O5. The van der Waals surface area contributed by atoms with Gasteiger partial charge in [-0.3, -0.25) is 4.79 Å². The second kappa shape index (κ2) is 13.3. The summed E-state index contributed by atoms with van der Waals surface area (Å²) in [4.78, 5) is 27.0. The predicted octanol–water partition coefficient (Wildman–Crippen LogP) is 7.95. The smallest absolute Gasteiger partial charge is 0.444 e. The molecule has 0 spiro atoms. The van der Waals surface area contributed by atoms with Crippen molar-refractivity contribution in [1.82, 2.24) is 10.6 Å². The number of aryl methyl sites for hydroxylation is 2. The van der Waals surface area contributed by atoms with E-state index in [1.807, 2.05) is 50.2 Å². The van der Waals surface area contributed by atoms with Gasteiger partial charge in [0.25, 0.3) is 0 Å². The number of carbonyl (C=O) groups excluding carboxylic acids is 2. The number of amides is 2. The van der Waals surface area contributed by atoms with Crippen molar-refractivity contribution in [3.05, 3.63) is 59.2 Å². The van der Waals surface area contributed by atoms with Crippen LogP contribution in [0.1, 0.15) is 91.3 Å². The molecule has 2 aromatic rings. The van der Waals surface area contributed by atoms with E-state index in [1.54, 1.807) is 20.8 Å². The Morgan fingerprint density at radius 3 is 2.21 bits per heavy atom. The standard InChI is InChI=1S/C37H53BN4O5/c1-22(2)15-32(38-46-31-21-26-20-30(36(26,8)9)37(31,10)47-38)40-33(43)29(39-34(44)45-35(5,6)7)19-25-11-13-27(14-12-25)41-42-28-17-23(3)16-24(4)18-28/h11-14,16-18,22,26,29-32H,15,19-21H2,1-10H3,(H,39,44)(H,40,43)/t26-,29-,30-,31?,32+,37-/m0/s1. The molecule has 9 nitrogen and oxygen atoms in total. The second-order valence-electron chi connectivity index (χ2n) is 16.2. The third-order valence-electron chi connectivity index (χ3n) is 10.2. The molecule has 3 aliphatic carbocycles. The van der Waals surface area contributed by atoms with Crippen LogP contribution in [0, 0.1) is 37.0 Å². The van der Waals surface area contributed by atoms with E-state index in [-0.39, 0.29) is 41.3 Å². The van der Waals surface area contributed by atoms with Gasteiger partial charge in [0.1, 0.15) is 11.6 Å². The molecule has 1 unspecified atom stereocenters. The summed E-state index contributed by atoms with van der Waals surface area (Å²) in [5, 5.41) is 14.8. The lowest BCUT2D eigenvalue weighted by atomic mass is 9.43. The summed E-state index contributed by atoms with van der Waals surface area (Å²) in [6, 6.07) is 12.7. The highest BCUT2D eigenvalue weighted by molar-refractivity contribution is 6.48. The number of hydrogen-bond acceptors (Lipinski definition) is 7. The SMILES string of the molecule is Cc1cc(C)cc(N=Nc2ccc(C[C@H](NC(=O)OC(C)(C)C)C(=O)N[C@H](CC(C)C)B3OC4C[C@@H]5C[C@@H](C5(C)C)[C@]4(C)O3)cc2)c1. The van der Waals surface area contributed by atoms with Crippen molar-refractivity contribution in [2.24, 2.45) is 33.4 Å². The first kappa shape index (κ1) is 35.1. The van der Waals surface area contributed by atoms with Crippen molar-refractivity contribution < 1.29 is 23.6 Å². The van der Waals surface area contributed by atoms with Gasteiger partial charge in [-0.1, -0.05) is 45.9 Å². The Hall–Kier alpha value is -3.24. The zero-order valence-corrected chi connectivity index (χ0v) is 29.8. The molecule has 2 amide bonds. The van der Waals surface area contributed by atoms with Gasteiger partial charge < -0.3 is 24.7 Å². The van der Waals surface area contributed by atoms with Crippen LogP contribution in [0.5, 0.6) is 0 Å². The van der Waals surface area contributed by atoms with Gasteiger partial charge in [-0.15, -0.1) is 0 Å². The zero-order valence-electron chi connectivity index (χ0n) is 29.8. The fourth-order valence-electron chi connectivity index (χ4n) is 7.82. The predicted molar refractivity (Wildman–Crippen MR) is 185 cm³/mol. The average Bonchev–Trinajstić information content (AvgIpc) is 3.31. The molecule has 2 aromatic carbocycles. The number of benzene rings is 2. The normalized spacial score (nSPS) is 26.0. The summed E-state index contributed by atoms with van der Waals surface area (Å²) >= 11 is 0. The molecule has 1 saturated heterocycles. The van der Waals surface area contributed by atoms with E-state index in [0.29, 0.717) is 23.9 Å². The highest BCUT2D eigenvalue weighted by Crippen LogP contribution is 2.65. The molecule has 6 rings (SSSR count). The van der Waals surface area contributed by atoms with E-state index < -0.39 is 24.9 Å². The number of rotatable bonds is 10. The number of nitrogens with one attached hydrogen (secondary N) is 2. The number of azo groups is 1. The van der Waals surface area contributed by atoms with Gasteiger partial charge in [-0.2, -0.15) is 10.2 Å². The summed E-state index contributed by atoms with van der Waals surface area (Å²) in [5.41, 5.74) is 3.74. The quantitative estimate of drug-likeness (QED) is 0.202. The molecule has 2 bridgehead atoms. The number of ether oxygens (including phenoxy) is 1. The first-order chi connectivity index (χ1) is 21.9. The summed E-state index contributed by atoms with van der Waals surface area (Å²) < 4.78 is 18.9. The molecule has 6 atom stereocenters. The molecule has 0 aromatic heterocycles. The van der Waals surface area contributed by atoms with Crippen LogP contribution in [-0.4, -0.2) is 48.4 Å². The van der Waals surface area contributed by atoms with Gasteiger partial charge >= 0.3 is 13.2 Å². The van der Waals surface area contributed by atoms with Crippen LogP contribution >= 0.6 is 0 Å². The maximum atomic E-state index is 14.0. The Labute approximate surface area is 281 Å². The zero-order chi connectivity index (χ0) is 34.3. The molecule has 1 heterocycles. The Morgan fingerprint density at radius 2 is 1.62 bits per heavy atom. The van der Waals surface area contributed by atoms with Crippen molar-refractivity contribution in [1.29, 1.82) is 0 Å². The molecule has 254 valence electrons. The minimum Gasteiger partial charge on any atom is -0.444 e. The molecule has 4 aliphatic rings. The van der Waals surface area contributed by atoms with Gasteiger partial charge in [0, 0.05) is 6.42 Å². The van der Waals surface area contributed by atoms with Gasteiger partial charge in [0.15, 0.2) is 0 Å². The van der Waals surface area contributed by atoms with Crippen LogP contribution in [0.25, 0.3) is 0 Å². The maximum Gasteiger partial charge on any atom is 0.481 e. The largest absolute Gasteiger partial charge is 0.481 e. The van der Waals surface area contributed by atoms with Crippen molar-refractivity contribution in [2.75, 3.05) is 0 Å². The Morgan fingerprint density at radius 1 is 0.979 bits per heavy atom. The lowest BCUT2D eigenvalue weighted by molar-refractivity contribution is -0.199. The summed E-state index contributed by atoms with van der Waals surface area (Å²) in [5.74, 6) is 0.658. The van der Waals surface area contributed by atoms with Crippen molar-refractivity contribution in [3.8, 4) is 0 Å². The van der Waals surface area contributed by atoms with Crippen LogP contribution in [0.2, 0.25) is 0 Å². The third kappa shape index (κ3) is 8.08. The molecule has 2 N–H and O–H groups in total. The molecule has 3 saturated carbocycles. The van der Waals surface area contributed by atoms with Crippen LogP contribution in [0.4, 0.5) is 16.2 Å². The monoisotopic (exact) mass is 644 g/mol. The first-order valence-electron chi connectivity index (χ1n) is 17.1.